The van der Waals surface area contributed by atoms with Gasteiger partial charge in [-0.05, 0) is 50.4 Å². The van der Waals surface area contributed by atoms with Crippen LogP contribution in [0.5, 0.6) is 11.5 Å². The van der Waals surface area contributed by atoms with Gasteiger partial charge in [0, 0.05) is 25.7 Å². The van der Waals surface area contributed by atoms with Crippen LogP contribution in [-0.2, 0) is 6.54 Å². The van der Waals surface area contributed by atoms with Gasteiger partial charge in [0.15, 0.2) is 11.5 Å². The van der Waals surface area contributed by atoms with Crippen LogP contribution in [0.15, 0.2) is 18.2 Å². The molecule has 23 heavy (non-hydrogen) atoms. The van der Waals surface area contributed by atoms with Gasteiger partial charge in [-0.15, -0.1) is 0 Å². The molecule has 1 saturated heterocycles. The van der Waals surface area contributed by atoms with E-state index in [1.165, 1.54) is 0 Å². The number of hydrogen-bond donors (Lipinski definition) is 3. The lowest BCUT2D eigenvalue weighted by atomic mass is 10.1. The molecule has 128 valence electrons. The average molecular weight is 321 g/mol. The summed E-state index contributed by atoms with van der Waals surface area (Å²) in [7, 11) is 1.54. The molecule has 0 unspecified atom stereocenters. The van der Waals surface area contributed by atoms with E-state index in [1.807, 2.05) is 19.9 Å². The molecule has 3 N–H and O–H groups in total. The predicted octanol–water partition coefficient (Wildman–Crippen LogP) is 1.93. The predicted molar refractivity (Wildman–Crippen MR) is 89.7 cm³/mol. The number of nitrogens with zero attached hydrogens (tertiary/aromatic N) is 1. The highest BCUT2D eigenvalue weighted by atomic mass is 16.5. The largest absolute Gasteiger partial charge is 0.504 e. The van der Waals surface area contributed by atoms with Gasteiger partial charge in [0.25, 0.3) is 0 Å². The molecule has 0 aromatic heterocycles. The molecule has 1 aliphatic heterocycles. The first-order valence-electron chi connectivity index (χ1n) is 8.10. The van der Waals surface area contributed by atoms with Crippen LogP contribution in [0.3, 0.4) is 0 Å². The molecule has 0 spiro atoms. The average Bonchev–Trinajstić information content (AvgIpc) is 2.92. The summed E-state index contributed by atoms with van der Waals surface area (Å²) >= 11 is 0. The van der Waals surface area contributed by atoms with Gasteiger partial charge in [-0.2, -0.15) is 0 Å². The van der Waals surface area contributed by atoms with E-state index in [9.17, 15) is 9.90 Å². The van der Waals surface area contributed by atoms with Crippen molar-refractivity contribution in [2.75, 3.05) is 26.7 Å². The minimum Gasteiger partial charge on any atom is -0.504 e. The number of methoxy groups -OCH3 is 1. The summed E-state index contributed by atoms with van der Waals surface area (Å²) < 4.78 is 5.06. The van der Waals surface area contributed by atoms with Crippen molar-refractivity contribution in [1.29, 1.82) is 0 Å². The monoisotopic (exact) mass is 321 g/mol. The summed E-state index contributed by atoms with van der Waals surface area (Å²) in [5.41, 5.74) is 1.06. The summed E-state index contributed by atoms with van der Waals surface area (Å²) in [5, 5.41) is 15.6. The molecular weight excluding hydrogens is 294 g/mol. The van der Waals surface area contributed by atoms with E-state index in [0.29, 0.717) is 18.2 Å². The number of phenols is 1. The number of hydrogen-bond acceptors (Lipinski definition) is 4. The van der Waals surface area contributed by atoms with Crippen LogP contribution < -0.4 is 15.4 Å². The van der Waals surface area contributed by atoms with Crippen LogP contribution in [0, 0.1) is 5.92 Å². The summed E-state index contributed by atoms with van der Waals surface area (Å²) in [4.78, 5) is 13.9. The summed E-state index contributed by atoms with van der Waals surface area (Å²) in [6.07, 6.45) is 1.07. The molecule has 0 aliphatic carbocycles. The van der Waals surface area contributed by atoms with Crippen LogP contribution in [0.1, 0.15) is 25.8 Å². The fraction of sp³-hybridized carbons (Fsp3) is 0.588. The van der Waals surface area contributed by atoms with Crippen LogP contribution in [-0.4, -0.2) is 48.8 Å². The number of urea groups is 1. The van der Waals surface area contributed by atoms with Crippen LogP contribution in [0.2, 0.25) is 0 Å². The first-order valence-corrected chi connectivity index (χ1v) is 8.10. The van der Waals surface area contributed by atoms with Gasteiger partial charge in [0.1, 0.15) is 0 Å². The third-order valence-electron chi connectivity index (χ3n) is 3.99. The number of aromatic hydroxyl groups is 1. The molecular formula is C17H27N3O3. The SMILES string of the molecule is COc1ccc(CN2CC[C@@H](CNC(=O)NC(C)C)C2)cc1O. The normalized spacial score (nSPS) is 18.2. The van der Waals surface area contributed by atoms with E-state index in [2.05, 4.69) is 15.5 Å². The second-order valence-corrected chi connectivity index (χ2v) is 6.41. The quantitative estimate of drug-likeness (QED) is 0.748. The molecule has 1 fully saturated rings. The lowest BCUT2D eigenvalue weighted by molar-refractivity contribution is 0.236. The Morgan fingerprint density at radius 3 is 2.91 bits per heavy atom. The van der Waals surface area contributed by atoms with Crippen LogP contribution >= 0.6 is 0 Å². The lowest BCUT2D eigenvalue weighted by Crippen LogP contribution is -2.41. The second-order valence-electron chi connectivity index (χ2n) is 6.41. The third kappa shape index (κ3) is 5.32. The van der Waals surface area contributed by atoms with Crippen LogP contribution in [0.4, 0.5) is 4.79 Å². The van der Waals surface area contributed by atoms with Crippen LogP contribution in [0.25, 0.3) is 0 Å². The van der Waals surface area contributed by atoms with Crippen molar-refractivity contribution in [2.24, 2.45) is 5.92 Å². The molecule has 0 saturated carbocycles. The summed E-state index contributed by atoms with van der Waals surface area (Å²) in [5.74, 6) is 1.14. The van der Waals surface area contributed by atoms with Crippen molar-refractivity contribution in [3.8, 4) is 11.5 Å². The van der Waals surface area contributed by atoms with Gasteiger partial charge in [0.2, 0.25) is 0 Å². The van der Waals surface area contributed by atoms with Crippen molar-refractivity contribution in [3.05, 3.63) is 23.8 Å². The molecule has 6 heteroatoms. The number of phenolic OH excluding ortho intramolecular Hbond substituents is 1. The fourth-order valence-electron chi connectivity index (χ4n) is 2.87. The maximum Gasteiger partial charge on any atom is 0.314 e. The molecule has 1 atom stereocenters. The van der Waals surface area contributed by atoms with Crippen molar-refractivity contribution < 1.29 is 14.6 Å². The fourth-order valence-corrected chi connectivity index (χ4v) is 2.87. The summed E-state index contributed by atoms with van der Waals surface area (Å²) in [6.45, 7) is 7.34. The highest BCUT2D eigenvalue weighted by Gasteiger charge is 2.23. The molecule has 0 radical (unpaired) electrons. The third-order valence-corrected chi connectivity index (χ3v) is 3.99. The van der Waals surface area contributed by atoms with Gasteiger partial charge < -0.3 is 20.5 Å². The molecule has 2 rings (SSSR count). The van der Waals surface area contributed by atoms with Gasteiger partial charge in [-0.25, -0.2) is 4.79 Å². The first kappa shape index (κ1) is 17.4. The van der Waals surface area contributed by atoms with Gasteiger partial charge >= 0.3 is 6.03 Å². The lowest BCUT2D eigenvalue weighted by Gasteiger charge is -2.17. The van der Waals surface area contributed by atoms with E-state index in [1.54, 1.807) is 19.2 Å². The van der Waals surface area contributed by atoms with Crippen molar-refractivity contribution in [3.63, 3.8) is 0 Å². The number of carbonyl (C=O) groups excluding carboxylic acids is 1. The maximum absolute atomic E-state index is 11.6. The Kier molecular flexibility index (Phi) is 6.10. The molecule has 1 heterocycles. The number of rotatable bonds is 6. The Hall–Kier alpha value is -1.95. The molecule has 1 aromatic carbocycles. The Bertz CT molecular complexity index is 534. The minimum atomic E-state index is -0.0986. The zero-order valence-electron chi connectivity index (χ0n) is 14.1. The highest BCUT2D eigenvalue weighted by molar-refractivity contribution is 5.74. The number of benzene rings is 1. The van der Waals surface area contributed by atoms with Gasteiger partial charge in [-0.3, -0.25) is 4.90 Å². The number of nitrogens with one attached hydrogen (secondary N) is 2. The van der Waals surface area contributed by atoms with E-state index >= 15 is 0 Å². The van der Waals surface area contributed by atoms with Gasteiger partial charge in [-0.1, -0.05) is 6.07 Å². The standard InChI is InChI=1S/C17H27N3O3/c1-12(2)19-17(22)18-9-14-6-7-20(11-14)10-13-4-5-16(23-3)15(21)8-13/h4-5,8,12,14,21H,6-7,9-11H2,1-3H3,(H2,18,19,22)/t14-/m0/s1. The van der Waals surface area contributed by atoms with Crippen molar-refractivity contribution >= 4 is 6.03 Å². The van der Waals surface area contributed by atoms with E-state index < -0.39 is 0 Å². The number of ether oxygens (including phenoxy) is 1. The van der Waals surface area contributed by atoms with Crippen molar-refractivity contribution in [1.82, 2.24) is 15.5 Å². The van der Waals surface area contributed by atoms with E-state index in [4.69, 9.17) is 4.74 Å². The number of carbonyl (C=O) groups is 1. The Morgan fingerprint density at radius 2 is 2.26 bits per heavy atom. The molecule has 1 aromatic rings. The van der Waals surface area contributed by atoms with E-state index in [-0.39, 0.29) is 17.8 Å². The minimum absolute atomic E-state index is 0.0986. The number of amides is 2. The van der Waals surface area contributed by atoms with Gasteiger partial charge in [0.05, 0.1) is 7.11 Å². The van der Waals surface area contributed by atoms with Crippen molar-refractivity contribution in [2.45, 2.75) is 32.9 Å². The molecule has 0 bridgehead atoms. The molecule has 1 aliphatic rings. The molecule has 6 nitrogen and oxygen atoms in total. The highest BCUT2D eigenvalue weighted by Crippen LogP contribution is 2.27. The van der Waals surface area contributed by atoms with E-state index in [0.717, 1.165) is 31.6 Å². The first-order chi connectivity index (χ1) is 11.0. The Morgan fingerprint density at radius 1 is 1.48 bits per heavy atom. The Labute approximate surface area is 137 Å². The smallest absolute Gasteiger partial charge is 0.314 e. The summed E-state index contributed by atoms with van der Waals surface area (Å²) in [6, 6.07) is 5.56. The maximum atomic E-state index is 11.6. The Balaban J connectivity index is 1.77. The second kappa shape index (κ2) is 8.06. The zero-order valence-corrected chi connectivity index (χ0v) is 14.1. The number of likely N-dealkylation sites (tertiary alicyclic amines) is 1. The molecule has 2 amide bonds. The zero-order chi connectivity index (χ0) is 16.8. The topological polar surface area (TPSA) is 73.8 Å².